The Hall–Kier alpha value is -3.07. The zero-order valence-corrected chi connectivity index (χ0v) is 25.3. The molecular weight excluding hydrogens is 581 g/mol. The minimum atomic E-state index is -4.23. The number of carbonyl (C=O) groups excluding carboxylic acids is 2. The number of nitrogens with one attached hydrogen (secondary N) is 1. The Morgan fingerprint density at radius 1 is 0.927 bits per heavy atom. The Labute approximate surface area is 252 Å². The van der Waals surface area contributed by atoms with Crippen molar-refractivity contribution in [2.24, 2.45) is 0 Å². The summed E-state index contributed by atoms with van der Waals surface area (Å²) in [5, 5.41) is 3.54. The number of anilines is 1. The van der Waals surface area contributed by atoms with Gasteiger partial charge in [-0.25, -0.2) is 8.42 Å². The first kappa shape index (κ1) is 30.9. The highest BCUT2D eigenvalue weighted by Crippen LogP contribution is 2.33. The van der Waals surface area contributed by atoms with Gasteiger partial charge < -0.3 is 10.2 Å². The van der Waals surface area contributed by atoms with Crippen LogP contribution in [0.4, 0.5) is 5.69 Å². The molecule has 0 radical (unpaired) electrons. The van der Waals surface area contributed by atoms with E-state index in [9.17, 15) is 18.0 Å². The standard InChI is InChI=1S/C31H35Cl2N3O4S/c1-2-28(31(38)34-25-14-8-4-9-15-25)35(21-23-12-6-3-7-13-23)30(37)22-36(29-20-24(32)18-19-27(29)33)41(39,40)26-16-10-5-11-17-26/h3,5-7,10-13,16-20,25,28H,2,4,8-9,14-15,21-22H2,1H3,(H,34,38). The first-order valence-electron chi connectivity index (χ1n) is 13.9. The van der Waals surface area contributed by atoms with E-state index in [-0.39, 0.29) is 39.1 Å². The number of amides is 2. The lowest BCUT2D eigenvalue weighted by Crippen LogP contribution is -2.54. The maximum Gasteiger partial charge on any atom is 0.264 e. The topological polar surface area (TPSA) is 86.8 Å². The molecule has 1 saturated carbocycles. The van der Waals surface area contributed by atoms with E-state index in [1.54, 1.807) is 24.3 Å². The Morgan fingerprint density at radius 2 is 1.56 bits per heavy atom. The molecule has 0 spiro atoms. The molecule has 1 aliphatic rings. The largest absolute Gasteiger partial charge is 0.352 e. The van der Waals surface area contributed by atoms with Gasteiger partial charge in [0, 0.05) is 17.6 Å². The van der Waals surface area contributed by atoms with Crippen molar-refractivity contribution >= 4 is 50.7 Å². The monoisotopic (exact) mass is 615 g/mol. The van der Waals surface area contributed by atoms with E-state index >= 15 is 0 Å². The van der Waals surface area contributed by atoms with Crippen molar-refractivity contribution in [2.75, 3.05) is 10.8 Å². The Balaban J connectivity index is 1.71. The fourth-order valence-corrected chi connectivity index (χ4v) is 7.04. The number of benzene rings is 3. The number of carbonyl (C=O) groups is 2. The van der Waals surface area contributed by atoms with Crippen molar-refractivity contribution in [3.63, 3.8) is 0 Å². The summed E-state index contributed by atoms with van der Waals surface area (Å²) in [6, 6.07) is 20.9. The molecule has 1 atom stereocenters. The number of nitrogens with zero attached hydrogens (tertiary/aromatic N) is 2. The molecule has 2 amide bonds. The molecule has 218 valence electrons. The SMILES string of the molecule is CCC(C(=O)NC1CCCCC1)N(Cc1ccccc1)C(=O)CN(c1cc(Cl)ccc1Cl)S(=O)(=O)c1ccccc1. The smallest absolute Gasteiger partial charge is 0.264 e. The summed E-state index contributed by atoms with van der Waals surface area (Å²) in [5.41, 5.74) is 0.902. The number of halogens is 2. The van der Waals surface area contributed by atoms with E-state index in [0.29, 0.717) is 6.42 Å². The van der Waals surface area contributed by atoms with Gasteiger partial charge >= 0.3 is 0 Å². The molecule has 0 bridgehead atoms. The maximum atomic E-state index is 14.2. The third-order valence-electron chi connectivity index (χ3n) is 7.32. The summed E-state index contributed by atoms with van der Waals surface area (Å²) in [4.78, 5) is 29.2. The van der Waals surface area contributed by atoms with Crippen molar-refractivity contribution in [1.82, 2.24) is 10.2 Å². The van der Waals surface area contributed by atoms with Gasteiger partial charge in [0.15, 0.2) is 0 Å². The van der Waals surface area contributed by atoms with Crippen molar-refractivity contribution in [3.05, 3.63) is 94.5 Å². The predicted molar refractivity (Wildman–Crippen MR) is 164 cm³/mol. The predicted octanol–water partition coefficient (Wildman–Crippen LogP) is 6.45. The van der Waals surface area contributed by atoms with Crippen LogP contribution < -0.4 is 9.62 Å². The van der Waals surface area contributed by atoms with Crippen molar-refractivity contribution in [2.45, 2.75) is 69.0 Å². The molecule has 3 aromatic carbocycles. The average molecular weight is 617 g/mol. The van der Waals surface area contributed by atoms with E-state index in [2.05, 4.69) is 5.32 Å². The van der Waals surface area contributed by atoms with Crippen LogP contribution in [0, 0.1) is 0 Å². The molecule has 41 heavy (non-hydrogen) atoms. The third kappa shape index (κ3) is 7.82. The van der Waals surface area contributed by atoms with Crippen LogP contribution in [-0.4, -0.2) is 43.8 Å². The number of rotatable bonds is 11. The lowest BCUT2D eigenvalue weighted by molar-refractivity contribution is -0.140. The van der Waals surface area contributed by atoms with Crippen LogP contribution in [0.2, 0.25) is 10.0 Å². The van der Waals surface area contributed by atoms with Crippen molar-refractivity contribution in [3.8, 4) is 0 Å². The van der Waals surface area contributed by atoms with Crippen LogP contribution in [0.5, 0.6) is 0 Å². The van der Waals surface area contributed by atoms with Gasteiger partial charge in [-0.3, -0.25) is 13.9 Å². The number of sulfonamides is 1. The quantitative estimate of drug-likeness (QED) is 0.269. The summed E-state index contributed by atoms with van der Waals surface area (Å²) in [6.07, 6.45) is 5.44. The van der Waals surface area contributed by atoms with Gasteiger partial charge in [-0.2, -0.15) is 0 Å². The molecule has 1 aliphatic carbocycles. The molecular formula is C31H35Cl2N3O4S. The Kier molecular flexibility index (Phi) is 10.7. The molecule has 1 unspecified atom stereocenters. The molecule has 0 heterocycles. The summed E-state index contributed by atoms with van der Waals surface area (Å²) in [6.45, 7) is 1.42. The Bertz CT molecular complexity index is 1430. The molecule has 4 rings (SSSR count). The van der Waals surface area contributed by atoms with Crippen LogP contribution in [0.15, 0.2) is 83.8 Å². The van der Waals surface area contributed by atoms with Gasteiger partial charge in [0.05, 0.1) is 15.6 Å². The van der Waals surface area contributed by atoms with Gasteiger partial charge in [0.2, 0.25) is 11.8 Å². The fourth-order valence-electron chi connectivity index (χ4n) is 5.15. The highest BCUT2D eigenvalue weighted by molar-refractivity contribution is 7.92. The van der Waals surface area contributed by atoms with Gasteiger partial charge in [-0.15, -0.1) is 0 Å². The van der Waals surface area contributed by atoms with Gasteiger partial charge in [-0.05, 0) is 55.2 Å². The lowest BCUT2D eigenvalue weighted by atomic mass is 9.95. The maximum absolute atomic E-state index is 14.2. The van der Waals surface area contributed by atoms with Gasteiger partial charge in [0.1, 0.15) is 12.6 Å². The highest BCUT2D eigenvalue weighted by atomic mass is 35.5. The first-order valence-corrected chi connectivity index (χ1v) is 16.1. The van der Waals surface area contributed by atoms with Crippen molar-refractivity contribution in [1.29, 1.82) is 0 Å². The average Bonchev–Trinajstić information content (AvgIpc) is 2.98. The fraction of sp³-hybridized carbons (Fsp3) is 0.355. The van der Waals surface area contributed by atoms with E-state index in [4.69, 9.17) is 23.2 Å². The summed E-state index contributed by atoms with van der Waals surface area (Å²) in [5.74, 6) is -0.767. The summed E-state index contributed by atoms with van der Waals surface area (Å²) in [7, 11) is -4.23. The molecule has 1 N–H and O–H groups in total. The van der Waals surface area contributed by atoms with E-state index in [0.717, 1.165) is 42.0 Å². The minimum Gasteiger partial charge on any atom is -0.352 e. The van der Waals surface area contributed by atoms with Crippen LogP contribution in [-0.2, 0) is 26.2 Å². The number of hydrogen-bond donors (Lipinski definition) is 1. The second kappa shape index (κ2) is 14.2. The van der Waals surface area contributed by atoms with Crippen LogP contribution in [0.3, 0.4) is 0 Å². The van der Waals surface area contributed by atoms with Crippen LogP contribution in [0.25, 0.3) is 0 Å². The number of hydrogen-bond acceptors (Lipinski definition) is 4. The molecule has 10 heteroatoms. The molecule has 0 aromatic heterocycles. The van der Waals surface area contributed by atoms with Crippen molar-refractivity contribution < 1.29 is 18.0 Å². The van der Waals surface area contributed by atoms with Crippen LogP contribution >= 0.6 is 23.2 Å². The molecule has 7 nitrogen and oxygen atoms in total. The molecule has 0 saturated heterocycles. The van der Waals surface area contributed by atoms with Gasteiger partial charge in [0.25, 0.3) is 10.0 Å². The minimum absolute atomic E-state index is 0.000495. The lowest BCUT2D eigenvalue weighted by Gasteiger charge is -2.34. The summed E-state index contributed by atoms with van der Waals surface area (Å²) >= 11 is 12.7. The summed E-state index contributed by atoms with van der Waals surface area (Å²) < 4.78 is 28.8. The first-order chi connectivity index (χ1) is 19.7. The van der Waals surface area contributed by atoms with E-state index < -0.39 is 28.5 Å². The second-order valence-electron chi connectivity index (χ2n) is 10.2. The molecule has 3 aromatic rings. The van der Waals surface area contributed by atoms with Crippen LogP contribution in [0.1, 0.15) is 51.0 Å². The highest BCUT2D eigenvalue weighted by Gasteiger charge is 2.35. The molecule has 0 aliphatic heterocycles. The third-order valence-corrected chi connectivity index (χ3v) is 9.65. The van der Waals surface area contributed by atoms with E-state index in [1.165, 1.54) is 29.2 Å². The second-order valence-corrected chi connectivity index (χ2v) is 12.9. The normalized spacial score (nSPS) is 14.7. The zero-order valence-electron chi connectivity index (χ0n) is 23.0. The van der Waals surface area contributed by atoms with Gasteiger partial charge in [-0.1, -0.05) is 97.9 Å². The zero-order chi connectivity index (χ0) is 29.4. The van der Waals surface area contributed by atoms with E-state index in [1.807, 2.05) is 37.3 Å². The Morgan fingerprint density at radius 3 is 2.20 bits per heavy atom. The molecule has 1 fully saturated rings.